The van der Waals surface area contributed by atoms with Gasteiger partial charge in [-0.25, -0.2) is 4.98 Å². The van der Waals surface area contributed by atoms with E-state index in [9.17, 15) is 4.79 Å². The van der Waals surface area contributed by atoms with E-state index in [1.165, 1.54) is 11.3 Å². The second-order valence-corrected chi connectivity index (χ2v) is 6.57. The molecular weight excluding hydrogens is 328 g/mol. The van der Waals surface area contributed by atoms with Crippen molar-refractivity contribution in [3.8, 4) is 11.1 Å². The van der Waals surface area contributed by atoms with Crippen LogP contribution >= 0.6 is 11.3 Å². The van der Waals surface area contributed by atoms with Crippen molar-refractivity contribution in [3.63, 3.8) is 0 Å². The molecule has 2 aromatic carbocycles. The minimum atomic E-state index is 0.00261. The standard InChI is InChI=1S/C21H16N2OS/c24-21-19-18(17-11-5-2-6-12-17)14-25-20(19)22-15-23(21)13-7-10-16-8-3-1-4-9-16/h1-12,14-15H,13H2/b10-7+. The SMILES string of the molecule is O=c1c2c(-c3ccccc3)csc2ncn1C/C=C/c1ccccc1. The number of thiophene rings is 1. The van der Waals surface area contributed by atoms with Crippen LogP contribution in [-0.4, -0.2) is 9.55 Å². The van der Waals surface area contributed by atoms with Gasteiger partial charge in [0.25, 0.3) is 5.56 Å². The summed E-state index contributed by atoms with van der Waals surface area (Å²) in [6.07, 6.45) is 5.63. The Morgan fingerprint density at radius 1 is 1.00 bits per heavy atom. The number of aromatic nitrogens is 2. The first kappa shape index (κ1) is 15.5. The van der Waals surface area contributed by atoms with Crippen molar-refractivity contribution in [2.24, 2.45) is 0 Å². The van der Waals surface area contributed by atoms with Gasteiger partial charge in [-0.2, -0.15) is 0 Å². The third-order valence-electron chi connectivity index (χ3n) is 4.06. The van der Waals surface area contributed by atoms with Gasteiger partial charge in [-0.05, 0) is 11.1 Å². The Kier molecular flexibility index (Phi) is 4.27. The predicted molar refractivity (Wildman–Crippen MR) is 105 cm³/mol. The second kappa shape index (κ2) is 6.87. The van der Waals surface area contributed by atoms with E-state index < -0.39 is 0 Å². The van der Waals surface area contributed by atoms with E-state index in [-0.39, 0.29) is 5.56 Å². The maximum absolute atomic E-state index is 12.9. The van der Waals surface area contributed by atoms with Gasteiger partial charge in [0.2, 0.25) is 0 Å². The molecule has 0 amide bonds. The van der Waals surface area contributed by atoms with Crippen LogP contribution in [0.15, 0.2) is 83.2 Å². The minimum absolute atomic E-state index is 0.00261. The van der Waals surface area contributed by atoms with Crippen LogP contribution in [0.25, 0.3) is 27.4 Å². The van der Waals surface area contributed by atoms with Crippen molar-refractivity contribution < 1.29 is 0 Å². The van der Waals surface area contributed by atoms with Crippen LogP contribution in [0, 0.1) is 0 Å². The van der Waals surface area contributed by atoms with Crippen molar-refractivity contribution in [1.82, 2.24) is 9.55 Å². The zero-order chi connectivity index (χ0) is 17.1. The molecule has 4 heteroatoms. The van der Waals surface area contributed by atoms with Crippen molar-refractivity contribution in [2.75, 3.05) is 0 Å². The average Bonchev–Trinajstić information content (AvgIpc) is 3.10. The molecule has 0 aliphatic rings. The normalized spacial score (nSPS) is 11.4. The zero-order valence-corrected chi connectivity index (χ0v) is 14.3. The summed E-state index contributed by atoms with van der Waals surface area (Å²) in [5.74, 6) is 0. The Morgan fingerprint density at radius 3 is 2.48 bits per heavy atom. The predicted octanol–water partition coefficient (Wildman–Crippen LogP) is 4.84. The van der Waals surface area contributed by atoms with E-state index in [0.717, 1.165) is 21.5 Å². The van der Waals surface area contributed by atoms with Crippen LogP contribution in [0.3, 0.4) is 0 Å². The van der Waals surface area contributed by atoms with Gasteiger partial charge in [0.15, 0.2) is 0 Å². The largest absolute Gasteiger partial charge is 0.295 e. The highest BCUT2D eigenvalue weighted by atomic mass is 32.1. The molecule has 3 nitrogen and oxygen atoms in total. The number of nitrogens with zero attached hydrogens (tertiary/aromatic N) is 2. The Bertz CT molecular complexity index is 1080. The maximum atomic E-state index is 12.9. The Morgan fingerprint density at radius 2 is 1.72 bits per heavy atom. The molecule has 0 unspecified atom stereocenters. The van der Waals surface area contributed by atoms with Gasteiger partial charge in [-0.15, -0.1) is 11.3 Å². The highest BCUT2D eigenvalue weighted by Gasteiger charge is 2.12. The molecule has 0 atom stereocenters. The van der Waals surface area contributed by atoms with Gasteiger partial charge in [0.05, 0.1) is 11.7 Å². The fourth-order valence-corrected chi connectivity index (χ4v) is 3.70. The van der Waals surface area contributed by atoms with Gasteiger partial charge >= 0.3 is 0 Å². The lowest BCUT2D eigenvalue weighted by molar-refractivity contribution is 0.770. The maximum Gasteiger partial charge on any atom is 0.262 e. The van der Waals surface area contributed by atoms with E-state index in [4.69, 9.17) is 0 Å². The fourth-order valence-electron chi connectivity index (χ4n) is 2.79. The number of rotatable bonds is 4. The van der Waals surface area contributed by atoms with E-state index in [1.54, 1.807) is 10.9 Å². The van der Waals surface area contributed by atoms with Gasteiger partial charge in [-0.1, -0.05) is 72.8 Å². The number of benzene rings is 2. The molecule has 122 valence electrons. The molecule has 0 bridgehead atoms. The highest BCUT2D eigenvalue weighted by Crippen LogP contribution is 2.30. The molecule has 2 aromatic heterocycles. The summed E-state index contributed by atoms with van der Waals surface area (Å²) in [6, 6.07) is 20.0. The summed E-state index contributed by atoms with van der Waals surface area (Å²) in [5, 5.41) is 2.71. The lowest BCUT2D eigenvalue weighted by Gasteiger charge is -2.03. The van der Waals surface area contributed by atoms with Crippen molar-refractivity contribution in [1.29, 1.82) is 0 Å². The summed E-state index contributed by atoms with van der Waals surface area (Å²) >= 11 is 1.51. The molecule has 0 spiro atoms. The molecule has 0 aliphatic carbocycles. The second-order valence-electron chi connectivity index (χ2n) is 5.71. The molecule has 2 heterocycles. The molecule has 0 fully saturated rings. The van der Waals surface area contributed by atoms with Crippen molar-refractivity contribution in [3.05, 3.63) is 94.4 Å². The van der Waals surface area contributed by atoms with Crippen LogP contribution in [0.1, 0.15) is 5.56 Å². The van der Waals surface area contributed by atoms with Gasteiger partial charge in [0, 0.05) is 17.5 Å². The first-order valence-electron chi connectivity index (χ1n) is 8.06. The Balaban J connectivity index is 1.70. The summed E-state index contributed by atoms with van der Waals surface area (Å²) in [5.41, 5.74) is 3.12. The highest BCUT2D eigenvalue weighted by molar-refractivity contribution is 7.17. The zero-order valence-electron chi connectivity index (χ0n) is 13.5. The third-order valence-corrected chi connectivity index (χ3v) is 4.94. The number of allylic oxidation sites excluding steroid dienone is 1. The molecule has 25 heavy (non-hydrogen) atoms. The smallest absolute Gasteiger partial charge is 0.262 e. The molecule has 0 aliphatic heterocycles. The summed E-state index contributed by atoms with van der Waals surface area (Å²) in [6.45, 7) is 0.501. The fraction of sp³-hybridized carbons (Fsp3) is 0.0476. The lowest BCUT2D eigenvalue weighted by atomic mass is 10.1. The van der Waals surface area contributed by atoms with E-state index >= 15 is 0 Å². The summed E-state index contributed by atoms with van der Waals surface area (Å²) in [4.78, 5) is 18.2. The van der Waals surface area contributed by atoms with E-state index in [1.807, 2.05) is 78.2 Å². The van der Waals surface area contributed by atoms with Crippen molar-refractivity contribution >= 4 is 27.6 Å². The number of fused-ring (bicyclic) bond motifs is 1. The number of hydrogen-bond donors (Lipinski definition) is 0. The van der Waals surface area contributed by atoms with Crippen LogP contribution in [0.4, 0.5) is 0 Å². The Labute approximate surface area is 149 Å². The van der Waals surface area contributed by atoms with E-state index in [0.29, 0.717) is 11.9 Å². The molecule has 4 rings (SSSR count). The Hall–Kier alpha value is -2.98. The lowest BCUT2D eigenvalue weighted by Crippen LogP contribution is -2.19. The van der Waals surface area contributed by atoms with Crippen molar-refractivity contribution in [2.45, 2.75) is 6.54 Å². The molecular formula is C21H16N2OS. The molecule has 4 aromatic rings. The monoisotopic (exact) mass is 344 g/mol. The van der Waals surface area contributed by atoms with E-state index in [2.05, 4.69) is 4.98 Å². The molecule has 0 N–H and O–H groups in total. The summed E-state index contributed by atoms with van der Waals surface area (Å²) < 4.78 is 1.65. The van der Waals surface area contributed by atoms with Gasteiger partial charge in [-0.3, -0.25) is 9.36 Å². The number of hydrogen-bond acceptors (Lipinski definition) is 3. The van der Waals surface area contributed by atoms with Gasteiger partial charge < -0.3 is 0 Å². The first-order chi connectivity index (χ1) is 12.3. The van der Waals surface area contributed by atoms with Crippen LogP contribution in [-0.2, 0) is 6.54 Å². The van der Waals surface area contributed by atoms with Crippen LogP contribution in [0.5, 0.6) is 0 Å². The molecule has 0 radical (unpaired) electrons. The quantitative estimate of drug-likeness (QED) is 0.531. The van der Waals surface area contributed by atoms with Crippen LogP contribution < -0.4 is 5.56 Å². The average molecular weight is 344 g/mol. The molecule has 0 saturated heterocycles. The minimum Gasteiger partial charge on any atom is -0.295 e. The summed E-state index contributed by atoms with van der Waals surface area (Å²) in [7, 11) is 0. The van der Waals surface area contributed by atoms with Gasteiger partial charge in [0.1, 0.15) is 4.83 Å². The first-order valence-corrected chi connectivity index (χ1v) is 8.94. The topological polar surface area (TPSA) is 34.9 Å². The molecule has 0 saturated carbocycles. The third kappa shape index (κ3) is 3.16. The van der Waals surface area contributed by atoms with Crippen LogP contribution in [0.2, 0.25) is 0 Å².